The third kappa shape index (κ3) is 2.69. The first-order chi connectivity index (χ1) is 6.86. The van der Waals surface area contributed by atoms with Crippen LogP contribution in [0.4, 0.5) is 0 Å². The van der Waals surface area contributed by atoms with Gasteiger partial charge in [-0.05, 0) is 25.2 Å². The van der Waals surface area contributed by atoms with Crippen molar-refractivity contribution in [3.63, 3.8) is 0 Å². The van der Waals surface area contributed by atoms with Gasteiger partial charge in [0, 0.05) is 19.2 Å². The van der Waals surface area contributed by atoms with E-state index in [2.05, 4.69) is 5.32 Å². The number of ether oxygens (including phenoxy) is 1. The monoisotopic (exact) mass is 199 g/mol. The van der Waals surface area contributed by atoms with Crippen LogP contribution in [0.25, 0.3) is 0 Å². The van der Waals surface area contributed by atoms with Gasteiger partial charge in [-0.3, -0.25) is 0 Å². The van der Waals surface area contributed by atoms with Crippen LogP contribution < -0.4 is 5.32 Å². The van der Waals surface area contributed by atoms with Crippen LogP contribution in [0.15, 0.2) is 0 Å². The molecule has 2 rings (SSSR count). The molecule has 1 aliphatic heterocycles. The Labute approximate surface area is 85.8 Å². The van der Waals surface area contributed by atoms with Gasteiger partial charge >= 0.3 is 0 Å². The van der Waals surface area contributed by atoms with E-state index in [4.69, 9.17) is 4.74 Å². The molecule has 0 spiro atoms. The number of aliphatic hydroxyl groups excluding tert-OH is 1. The lowest BCUT2D eigenvalue weighted by Crippen LogP contribution is -2.38. The van der Waals surface area contributed by atoms with Crippen molar-refractivity contribution in [1.82, 2.24) is 5.32 Å². The van der Waals surface area contributed by atoms with Crippen LogP contribution in [-0.2, 0) is 4.74 Å². The van der Waals surface area contributed by atoms with E-state index in [9.17, 15) is 5.11 Å². The van der Waals surface area contributed by atoms with Gasteiger partial charge in [-0.2, -0.15) is 0 Å². The minimum Gasteiger partial charge on any atom is -0.392 e. The topological polar surface area (TPSA) is 41.5 Å². The molecule has 1 saturated carbocycles. The van der Waals surface area contributed by atoms with Gasteiger partial charge < -0.3 is 15.2 Å². The molecule has 14 heavy (non-hydrogen) atoms. The van der Waals surface area contributed by atoms with Crippen LogP contribution in [0, 0.1) is 5.92 Å². The second kappa shape index (κ2) is 5.10. The minimum absolute atomic E-state index is 0.141. The number of nitrogens with one attached hydrogen (secondary N) is 1. The van der Waals surface area contributed by atoms with Gasteiger partial charge in [0.25, 0.3) is 0 Å². The highest BCUT2D eigenvalue weighted by atomic mass is 16.5. The zero-order valence-corrected chi connectivity index (χ0v) is 8.74. The molecule has 82 valence electrons. The van der Waals surface area contributed by atoms with Crippen LogP contribution >= 0.6 is 0 Å². The summed E-state index contributed by atoms with van der Waals surface area (Å²) in [6, 6.07) is 0.478. The van der Waals surface area contributed by atoms with E-state index >= 15 is 0 Å². The Morgan fingerprint density at radius 2 is 2.07 bits per heavy atom. The lowest BCUT2D eigenvalue weighted by molar-refractivity contribution is 0.104. The third-order valence-electron chi connectivity index (χ3n) is 3.49. The first kappa shape index (κ1) is 10.4. The summed E-state index contributed by atoms with van der Waals surface area (Å²) in [5.41, 5.74) is 0. The minimum atomic E-state index is -0.141. The SMILES string of the molecule is OC(CNC1CCOC1)C1CCCC1. The fraction of sp³-hybridized carbons (Fsp3) is 1.00. The first-order valence-corrected chi connectivity index (χ1v) is 5.85. The molecule has 1 aliphatic carbocycles. The van der Waals surface area contributed by atoms with Crippen LogP contribution in [-0.4, -0.2) is 37.0 Å². The summed E-state index contributed by atoms with van der Waals surface area (Å²) in [7, 11) is 0. The summed E-state index contributed by atoms with van der Waals surface area (Å²) < 4.78 is 5.27. The molecular formula is C11H21NO2. The predicted octanol–water partition coefficient (Wildman–Crippen LogP) is 0.916. The van der Waals surface area contributed by atoms with Crippen molar-refractivity contribution >= 4 is 0 Å². The number of rotatable bonds is 4. The lowest BCUT2D eigenvalue weighted by atomic mass is 10.0. The summed E-state index contributed by atoms with van der Waals surface area (Å²) in [4.78, 5) is 0. The van der Waals surface area contributed by atoms with Gasteiger partial charge in [0.2, 0.25) is 0 Å². The van der Waals surface area contributed by atoms with Crippen LogP contribution in [0.3, 0.4) is 0 Å². The van der Waals surface area contributed by atoms with Crippen molar-refractivity contribution in [1.29, 1.82) is 0 Å². The molecule has 0 amide bonds. The largest absolute Gasteiger partial charge is 0.392 e. The van der Waals surface area contributed by atoms with Gasteiger partial charge in [-0.25, -0.2) is 0 Å². The molecule has 0 aromatic heterocycles. The highest BCUT2D eigenvalue weighted by Gasteiger charge is 2.24. The lowest BCUT2D eigenvalue weighted by Gasteiger charge is -2.20. The van der Waals surface area contributed by atoms with Gasteiger partial charge in [-0.1, -0.05) is 12.8 Å². The summed E-state index contributed by atoms with van der Waals surface area (Å²) >= 11 is 0. The fourth-order valence-electron chi connectivity index (χ4n) is 2.49. The van der Waals surface area contributed by atoms with Gasteiger partial charge in [0.1, 0.15) is 0 Å². The van der Waals surface area contributed by atoms with Gasteiger partial charge in [-0.15, -0.1) is 0 Å². The zero-order valence-electron chi connectivity index (χ0n) is 8.74. The molecule has 3 nitrogen and oxygen atoms in total. The fourth-order valence-corrected chi connectivity index (χ4v) is 2.49. The number of aliphatic hydroxyl groups is 1. The van der Waals surface area contributed by atoms with Crippen LogP contribution in [0.2, 0.25) is 0 Å². The molecule has 2 fully saturated rings. The standard InChI is InChI=1S/C11H21NO2/c13-11(9-3-1-2-4-9)7-12-10-5-6-14-8-10/h9-13H,1-8H2. The molecule has 2 unspecified atom stereocenters. The molecule has 1 saturated heterocycles. The average molecular weight is 199 g/mol. The molecule has 0 aromatic rings. The third-order valence-corrected chi connectivity index (χ3v) is 3.49. The Balaban J connectivity index is 1.63. The van der Waals surface area contributed by atoms with Gasteiger partial charge in [0.15, 0.2) is 0 Å². The van der Waals surface area contributed by atoms with E-state index in [0.717, 1.165) is 26.2 Å². The molecule has 3 heteroatoms. The second-order valence-electron chi connectivity index (χ2n) is 4.58. The Bertz CT molecular complexity index is 163. The number of hydrogen-bond donors (Lipinski definition) is 2. The maximum atomic E-state index is 9.91. The Kier molecular flexibility index (Phi) is 3.79. The summed E-state index contributed by atoms with van der Waals surface area (Å²) in [6.07, 6.45) is 5.98. The predicted molar refractivity (Wildman–Crippen MR) is 55.2 cm³/mol. The molecule has 0 radical (unpaired) electrons. The van der Waals surface area contributed by atoms with E-state index in [0.29, 0.717) is 12.0 Å². The van der Waals surface area contributed by atoms with Crippen molar-refractivity contribution in [2.75, 3.05) is 19.8 Å². The Morgan fingerprint density at radius 1 is 1.29 bits per heavy atom. The Hall–Kier alpha value is -0.120. The molecule has 0 bridgehead atoms. The summed E-state index contributed by atoms with van der Waals surface area (Å²) in [6.45, 7) is 2.44. The van der Waals surface area contributed by atoms with Crippen molar-refractivity contribution in [2.24, 2.45) is 5.92 Å². The van der Waals surface area contributed by atoms with E-state index in [1.165, 1.54) is 25.7 Å². The van der Waals surface area contributed by atoms with Crippen molar-refractivity contribution in [2.45, 2.75) is 44.2 Å². The molecule has 2 aliphatic rings. The Morgan fingerprint density at radius 3 is 2.71 bits per heavy atom. The zero-order chi connectivity index (χ0) is 9.80. The van der Waals surface area contributed by atoms with E-state index in [1.54, 1.807) is 0 Å². The number of hydrogen-bond acceptors (Lipinski definition) is 3. The first-order valence-electron chi connectivity index (χ1n) is 5.85. The normalized spacial score (nSPS) is 31.1. The van der Waals surface area contributed by atoms with E-state index in [-0.39, 0.29) is 6.10 Å². The second-order valence-corrected chi connectivity index (χ2v) is 4.58. The van der Waals surface area contributed by atoms with Crippen molar-refractivity contribution < 1.29 is 9.84 Å². The molecule has 1 heterocycles. The van der Waals surface area contributed by atoms with Crippen LogP contribution in [0.5, 0.6) is 0 Å². The molecule has 2 N–H and O–H groups in total. The molecule has 2 atom stereocenters. The van der Waals surface area contributed by atoms with Crippen LogP contribution in [0.1, 0.15) is 32.1 Å². The quantitative estimate of drug-likeness (QED) is 0.707. The highest BCUT2D eigenvalue weighted by Crippen LogP contribution is 2.27. The smallest absolute Gasteiger partial charge is 0.0692 e. The van der Waals surface area contributed by atoms with E-state index < -0.39 is 0 Å². The van der Waals surface area contributed by atoms with Crippen molar-refractivity contribution in [3.8, 4) is 0 Å². The maximum absolute atomic E-state index is 9.91. The average Bonchev–Trinajstić information content (AvgIpc) is 2.87. The molecular weight excluding hydrogens is 178 g/mol. The summed E-state index contributed by atoms with van der Waals surface area (Å²) in [5, 5.41) is 13.3. The maximum Gasteiger partial charge on any atom is 0.0692 e. The molecule has 0 aromatic carbocycles. The summed E-state index contributed by atoms with van der Waals surface area (Å²) in [5.74, 6) is 0.546. The highest BCUT2D eigenvalue weighted by molar-refractivity contribution is 4.79. The van der Waals surface area contributed by atoms with Gasteiger partial charge in [0.05, 0.1) is 12.7 Å². The van der Waals surface area contributed by atoms with Crippen molar-refractivity contribution in [3.05, 3.63) is 0 Å². The van der Waals surface area contributed by atoms with E-state index in [1.807, 2.05) is 0 Å².